The van der Waals surface area contributed by atoms with E-state index in [4.69, 9.17) is 21.5 Å². The van der Waals surface area contributed by atoms with Gasteiger partial charge in [0, 0.05) is 18.7 Å². The zero-order valence-corrected chi connectivity index (χ0v) is 12.5. The fourth-order valence-electron chi connectivity index (χ4n) is 2.45. The van der Waals surface area contributed by atoms with Crippen LogP contribution in [0.4, 0.5) is 4.39 Å². The lowest BCUT2D eigenvalue weighted by atomic mass is 9.86. The molecule has 0 saturated carbocycles. The Morgan fingerprint density at radius 3 is 2.50 bits per heavy atom. The molecule has 1 saturated heterocycles. The van der Waals surface area contributed by atoms with Crippen LogP contribution in [0.1, 0.15) is 18.4 Å². The summed E-state index contributed by atoms with van der Waals surface area (Å²) < 4.78 is 43.9. The van der Waals surface area contributed by atoms with E-state index in [1.807, 2.05) is 0 Å². The monoisotopic (exact) mass is 322 g/mol. The lowest BCUT2D eigenvalue weighted by molar-refractivity contribution is 0.0842. The van der Waals surface area contributed by atoms with Crippen molar-refractivity contribution in [3.8, 4) is 5.75 Å². The molecule has 0 bridgehead atoms. The number of piperidine rings is 1. The van der Waals surface area contributed by atoms with Crippen molar-refractivity contribution >= 4 is 21.8 Å². The molecule has 1 aliphatic heterocycles. The zero-order chi connectivity index (χ0) is 15.0. The van der Waals surface area contributed by atoms with E-state index in [1.165, 1.54) is 7.11 Å². The van der Waals surface area contributed by atoms with E-state index in [-0.39, 0.29) is 36.5 Å². The Balaban J connectivity index is 2.31. The molecule has 1 aromatic rings. The second-order valence-electron chi connectivity index (χ2n) is 4.73. The lowest BCUT2D eigenvalue weighted by Crippen LogP contribution is -2.46. The van der Waals surface area contributed by atoms with E-state index in [2.05, 4.69) is 0 Å². The van der Waals surface area contributed by atoms with Crippen molar-refractivity contribution in [1.82, 2.24) is 4.31 Å². The molecule has 1 fully saturated rings. The molecule has 1 heterocycles. The molecule has 0 unspecified atom stereocenters. The Hall–Kier alpha value is -0.890. The van der Waals surface area contributed by atoms with Crippen LogP contribution in [0, 0.1) is 0 Å². The summed E-state index contributed by atoms with van der Waals surface area (Å²) in [4.78, 5) is 0. The standard InChI is InChI=1S/C12H16ClFN2O3S/c1-19-10-4-2-3-9(13)11(10)12(14)5-7-16(8-6-12)20(15,17)18/h2-4H,5-8H2,1H3,(H2,15,17,18). The van der Waals surface area contributed by atoms with Crippen molar-refractivity contribution in [2.75, 3.05) is 20.2 Å². The number of alkyl halides is 1. The van der Waals surface area contributed by atoms with Crippen molar-refractivity contribution in [3.05, 3.63) is 28.8 Å². The van der Waals surface area contributed by atoms with E-state index < -0.39 is 15.9 Å². The second-order valence-corrected chi connectivity index (χ2v) is 6.68. The van der Waals surface area contributed by atoms with Gasteiger partial charge in [-0.05, 0) is 25.0 Å². The summed E-state index contributed by atoms with van der Waals surface area (Å²) in [6, 6.07) is 4.90. The number of halogens is 2. The van der Waals surface area contributed by atoms with Crippen molar-refractivity contribution in [2.45, 2.75) is 18.5 Å². The molecule has 0 spiro atoms. The average molecular weight is 323 g/mol. The van der Waals surface area contributed by atoms with Gasteiger partial charge >= 0.3 is 0 Å². The van der Waals surface area contributed by atoms with Gasteiger partial charge in [-0.2, -0.15) is 12.7 Å². The summed E-state index contributed by atoms with van der Waals surface area (Å²) in [7, 11) is -2.34. The van der Waals surface area contributed by atoms with Crippen LogP contribution < -0.4 is 9.88 Å². The third-order valence-electron chi connectivity index (χ3n) is 3.52. The van der Waals surface area contributed by atoms with Crippen LogP contribution in [0.5, 0.6) is 5.75 Å². The molecule has 112 valence electrons. The minimum absolute atomic E-state index is 0.0104. The molecule has 0 radical (unpaired) electrons. The SMILES string of the molecule is COc1cccc(Cl)c1C1(F)CCN(S(N)(=O)=O)CC1. The Morgan fingerprint density at radius 2 is 2.00 bits per heavy atom. The number of rotatable bonds is 3. The first kappa shape index (κ1) is 15.5. The minimum atomic E-state index is -3.78. The number of hydrogen-bond donors (Lipinski definition) is 1. The zero-order valence-electron chi connectivity index (χ0n) is 11.0. The number of methoxy groups -OCH3 is 1. The van der Waals surface area contributed by atoms with Gasteiger partial charge in [0.1, 0.15) is 11.4 Å². The van der Waals surface area contributed by atoms with Crippen LogP contribution in [0.15, 0.2) is 18.2 Å². The van der Waals surface area contributed by atoms with Crippen molar-refractivity contribution in [2.24, 2.45) is 5.14 Å². The third kappa shape index (κ3) is 2.90. The molecule has 2 N–H and O–H groups in total. The van der Waals surface area contributed by atoms with Crippen LogP contribution in [-0.4, -0.2) is 32.9 Å². The predicted octanol–water partition coefficient (Wildman–Crippen LogP) is 1.81. The van der Waals surface area contributed by atoms with E-state index in [1.54, 1.807) is 18.2 Å². The molecule has 1 aromatic carbocycles. The van der Waals surface area contributed by atoms with E-state index in [0.29, 0.717) is 5.75 Å². The highest BCUT2D eigenvalue weighted by Gasteiger charge is 2.41. The van der Waals surface area contributed by atoms with Crippen molar-refractivity contribution in [1.29, 1.82) is 0 Å². The van der Waals surface area contributed by atoms with Crippen LogP contribution in [0.25, 0.3) is 0 Å². The van der Waals surface area contributed by atoms with Gasteiger partial charge in [-0.3, -0.25) is 0 Å². The van der Waals surface area contributed by atoms with Gasteiger partial charge < -0.3 is 4.74 Å². The lowest BCUT2D eigenvalue weighted by Gasteiger charge is -2.36. The van der Waals surface area contributed by atoms with Crippen LogP contribution in [0.2, 0.25) is 5.02 Å². The largest absolute Gasteiger partial charge is 0.496 e. The Kier molecular flexibility index (Phi) is 4.24. The molecule has 0 aliphatic carbocycles. The summed E-state index contributed by atoms with van der Waals surface area (Å²) in [6.07, 6.45) is -0.0208. The number of nitrogens with zero attached hydrogens (tertiary/aromatic N) is 1. The normalized spacial score (nSPS) is 19.8. The van der Waals surface area contributed by atoms with Gasteiger partial charge in [-0.1, -0.05) is 17.7 Å². The first-order valence-corrected chi connectivity index (χ1v) is 7.96. The number of nitrogens with two attached hydrogens (primary N) is 1. The van der Waals surface area contributed by atoms with Crippen LogP contribution in [-0.2, 0) is 15.9 Å². The minimum Gasteiger partial charge on any atom is -0.496 e. The highest BCUT2D eigenvalue weighted by atomic mass is 35.5. The molecule has 20 heavy (non-hydrogen) atoms. The first-order chi connectivity index (χ1) is 9.28. The van der Waals surface area contributed by atoms with Crippen LogP contribution >= 0.6 is 11.6 Å². The molecule has 1 aliphatic rings. The van der Waals surface area contributed by atoms with Gasteiger partial charge in [-0.25, -0.2) is 9.53 Å². The second kappa shape index (κ2) is 5.48. The smallest absolute Gasteiger partial charge is 0.276 e. The molecule has 0 amide bonds. The van der Waals surface area contributed by atoms with E-state index >= 15 is 4.39 Å². The maximum absolute atomic E-state index is 15.1. The molecule has 8 heteroatoms. The molecular weight excluding hydrogens is 307 g/mol. The molecular formula is C12H16ClFN2O3S. The Morgan fingerprint density at radius 1 is 1.40 bits per heavy atom. The maximum atomic E-state index is 15.1. The third-order valence-corrected chi connectivity index (χ3v) is 4.92. The van der Waals surface area contributed by atoms with Crippen molar-refractivity contribution < 1.29 is 17.5 Å². The highest BCUT2D eigenvalue weighted by Crippen LogP contribution is 2.45. The Bertz CT molecular complexity index is 601. The summed E-state index contributed by atoms with van der Waals surface area (Å²) in [5.41, 5.74) is -1.44. The molecule has 0 aromatic heterocycles. The van der Waals surface area contributed by atoms with Gasteiger partial charge in [0.25, 0.3) is 10.2 Å². The number of hydrogen-bond acceptors (Lipinski definition) is 3. The summed E-state index contributed by atoms with van der Waals surface area (Å²) in [5, 5.41) is 5.32. The molecule has 5 nitrogen and oxygen atoms in total. The fourth-order valence-corrected chi connectivity index (χ4v) is 3.48. The fraction of sp³-hybridized carbons (Fsp3) is 0.500. The van der Waals surface area contributed by atoms with Crippen LogP contribution in [0.3, 0.4) is 0 Å². The van der Waals surface area contributed by atoms with Gasteiger partial charge in [0.05, 0.1) is 12.1 Å². The quantitative estimate of drug-likeness (QED) is 0.922. The van der Waals surface area contributed by atoms with E-state index in [0.717, 1.165) is 4.31 Å². The number of benzene rings is 1. The first-order valence-electron chi connectivity index (χ1n) is 6.08. The topological polar surface area (TPSA) is 72.6 Å². The van der Waals surface area contributed by atoms with Crippen molar-refractivity contribution in [3.63, 3.8) is 0 Å². The summed E-state index contributed by atoms with van der Waals surface area (Å²) >= 11 is 6.08. The van der Waals surface area contributed by atoms with Gasteiger partial charge in [-0.15, -0.1) is 0 Å². The van der Waals surface area contributed by atoms with Gasteiger partial charge in [0.15, 0.2) is 0 Å². The Labute approximate surface area is 122 Å². The summed E-state index contributed by atoms with van der Waals surface area (Å²) in [6.45, 7) is 0.0351. The predicted molar refractivity (Wildman–Crippen MR) is 74.7 cm³/mol. The molecule has 0 atom stereocenters. The van der Waals surface area contributed by atoms with E-state index in [9.17, 15) is 8.42 Å². The summed E-state index contributed by atoms with van der Waals surface area (Å²) in [5.74, 6) is 0.365. The van der Waals surface area contributed by atoms with Gasteiger partial charge in [0.2, 0.25) is 0 Å². The maximum Gasteiger partial charge on any atom is 0.276 e. The average Bonchev–Trinajstić information content (AvgIpc) is 2.37. The number of ether oxygens (including phenoxy) is 1. The highest BCUT2D eigenvalue weighted by molar-refractivity contribution is 7.86. The molecule has 2 rings (SSSR count).